The number of aromatic amines is 1. The SMILES string of the molecule is C#Cc1cn(C2OC(C)C(C)C2C)c(=O)[nH]c1=O. The predicted octanol–water partition coefficient (Wildman–Crippen LogP) is 0.707. The number of nitrogens with zero attached hydrogens (tertiary/aromatic N) is 1. The van der Waals surface area contributed by atoms with Crippen molar-refractivity contribution in [1.29, 1.82) is 0 Å². The summed E-state index contributed by atoms with van der Waals surface area (Å²) in [5.74, 6) is 2.78. The highest BCUT2D eigenvalue weighted by molar-refractivity contribution is 5.26. The smallest absolute Gasteiger partial charge is 0.330 e. The lowest BCUT2D eigenvalue weighted by Gasteiger charge is -2.18. The Bertz CT molecular complexity index is 608. The van der Waals surface area contributed by atoms with Gasteiger partial charge in [-0.25, -0.2) is 4.79 Å². The lowest BCUT2D eigenvalue weighted by molar-refractivity contribution is -0.00764. The maximum atomic E-state index is 11.8. The number of terminal acetylenes is 1. The van der Waals surface area contributed by atoms with Gasteiger partial charge in [0.2, 0.25) is 0 Å². The summed E-state index contributed by atoms with van der Waals surface area (Å²) >= 11 is 0. The van der Waals surface area contributed by atoms with E-state index < -0.39 is 11.2 Å². The molecule has 1 N–H and O–H groups in total. The lowest BCUT2D eigenvalue weighted by atomic mass is 9.93. The first-order chi connectivity index (χ1) is 8.45. The van der Waals surface area contributed by atoms with Gasteiger partial charge in [-0.2, -0.15) is 0 Å². The molecule has 0 bridgehead atoms. The third-order valence-electron chi connectivity index (χ3n) is 3.77. The molecule has 2 heterocycles. The number of hydrogen-bond donors (Lipinski definition) is 1. The van der Waals surface area contributed by atoms with E-state index in [1.54, 1.807) is 0 Å². The van der Waals surface area contributed by atoms with Gasteiger partial charge in [0.15, 0.2) is 0 Å². The van der Waals surface area contributed by atoms with Crippen LogP contribution in [0.25, 0.3) is 0 Å². The zero-order valence-corrected chi connectivity index (χ0v) is 10.6. The van der Waals surface area contributed by atoms with Crippen molar-refractivity contribution in [3.05, 3.63) is 32.6 Å². The minimum absolute atomic E-state index is 0.0677. The van der Waals surface area contributed by atoms with Crippen LogP contribution in [0.3, 0.4) is 0 Å². The average Bonchev–Trinajstić information content (AvgIpc) is 2.57. The van der Waals surface area contributed by atoms with Gasteiger partial charge in [-0.1, -0.05) is 19.8 Å². The number of nitrogens with one attached hydrogen (secondary N) is 1. The van der Waals surface area contributed by atoms with E-state index in [0.29, 0.717) is 5.92 Å². The Morgan fingerprint density at radius 1 is 1.33 bits per heavy atom. The summed E-state index contributed by atoms with van der Waals surface area (Å²) in [7, 11) is 0. The monoisotopic (exact) mass is 248 g/mol. The van der Waals surface area contributed by atoms with Crippen LogP contribution in [0.15, 0.2) is 15.8 Å². The molecule has 1 aliphatic heterocycles. The summed E-state index contributed by atoms with van der Waals surface area (Å²) in [6.07, 6.45) is 6.31. The molecule has 1 fully saturated rings. The number of H-pyrrole nitrogens is 1. The number of hydrogen-bond acceptors (Lipinski definition) is 3. The second kappa shape index (κ2) is 4.46. The van der Waals surface area contributed by atoms with Gasteiger partial charge in [0.05, 0.1) is 6.10 Å². The third-order valence-corrected chi connectivity index (χ3v) is 3.77. The average molecular weight is 248 g/mol. The van der Waals surface area contributed by atoms with E-state index in [-0.39, 0.29) is 23.8 Å². The van der Waals surface area contributed by atoms with Gasteiger partial charge in [0.1, 0.15) is 11.8 Å². The first-order valence-electron chi connectivity index (χ1n) is 5.93. The van der Waals surface area contributed by atoms with Crippen molar-refractivity contribution < 1.29 is 4.74 Å². The fraction of sp³-hybridized carbons (Fsp3) is 0.538. The van der Waals surface area contributed by atoms with E-state index in [4.69, 9.17) is 11.2 Å². The number of rotatable bonds is 1. The molecule has 0 saturated carbocycles. The molecule has 0 spiro atoms. The molecule has 18 heavy (non-hydrogen) atoms. The molecule has 1 saturated heterocycles. The van der Waals surface area contributed by atoms with Gasteiger partial charge in [-0.3, -0.25) is 14.3 Å². The molecule has 2 rings (SSSR count). The summed E-state index contributed by atoms with van der Waals surface area (Å²) < 4.78 is 7.14. The van der Waals surface area contributed by atoms with Crippen molar-refractivity contribution in [2.75, 3.05) is 0 Å². The van der Waals surface area contributed by atoms with Gasteiger partial charge in [0, 0.05) is 12.1 Å². The lowest BCUT2D eigenvalue weighted by Crippen LogP contribution is -2.35. The second-order valence-electron chi connectivity index (χ2n) is 4.80. The Morgan fingerprint density at radius 2 is 2.00 bits per heavy atom. The summed E-state index contributed by atoms with van der Waals surface area (Å²) in [5.41, 5.74) is -0.889. The minimum Gasteiger partial charge on any atom is -0.354 e. The summed E-state index contributed by atoms with van der Waals surface area (Å²) in [4.78, 5) is 25.4. The van der Waals surface area contributed by atoms with Crippen LogP contribution in [-0.2, 0) is 4.74 Å². The fourth-order valence-electron chi connectivity index (χ4n) is 2.25. The summed E-state index contributed by atoms with van der Waals surface area (Å²) in [6, 6.07) is 0. The molecule has 1 aromatic heterocycles. The zero-order chi connectivity index (χ0) is 13.4. The van der Waals surface area contributed by atoms with Crippen LogP contribution in [0.5, 0.6) is 0 Å². The normalized spacial score (nSPS) is 31.2. The van der Waals surface area contributed by atoms with Crippen molar-refractivity contribution in [2.45, 2.75) is 33.1 Å². The van der Waals surface area contributed by atoms with Crippen molar-refractivity contribution in [3.63, 3.8) is 0 Å². The fourth-order valence-corrected chi connectivity index (χ4v) is 2.25. The van der Waals surface area contributed by atoms with Crippen LogP contribution in [0.1, 0.15) is 32.6 Å². The van der Waals surface area contributed by atoms with Crippen molar-refractivity contribution in [1.82, 2.24) is 9.55 Å². The van der Waals surface area contributed by atoms with Crippen molar-refractivity contribution in [3.8, 4) is 12.3 Å². The molecule has 0 aliphatic carbocycles. The molecule has 0 radical (unpaired) electrons. The molecule has 0 amide bonds. The number of ether oxygens (including phenoxy) is 1. The van der Waals surface area contributed by atoms with Crippen LogP contribution in [0.2, 0.25) is 0 Å². The maximum absolute atomic E-state index is 11.8. The van der Waals surface area contributed by atoms with E-state index in [1.165, 1.54) is 10.8 Å². The second-order valence-corrected chi connectivity index (χ2v) is 4.80. The summed E-state index contributed by atoms with van der Waals surface area (Å²) in [5, 5.41) is 0. The minimum atomic E-state index is -0.537. The molecule has 96 valence electrons. The van der Waals surface area contributed by atoms with E-state index in [1.807, 2.05) is 13.8 Å². The zero-order valence-electron chi connectivity index (χ0n) is 10.6. The maximum Gasteiger partial charge on any atom is 0.330 e. The highest BCUT2D eigenvalue weighted by atomic mass is 16.5. The molecular weight excluding hydrogens is 232 g/mol. The molecule has 4 unspecified atom stereocenters. The third kappa shape index (κ3) is 1.89. The van der Waals surface area contributed by atoms with Crippen molar-refractivity contribution >= 4 is 0 Å². The molecule has 5 heteroatoms. The molecule has 5 nitrogen and oxygen atoms in total. The Kier molecular flexibility index (Phi) is 3.14. The largest absolute Gasteiger partial charge is 0.354 e. The van der Waals surface area contributed by atoms with E-state index >= 15 is 0 Å². The Hall–Kier alpha value is -1.80. The van der Waals surface area contributed by atoms with E-state index in [2.05, 4.69) is 17.8 Å². The van der Waals surface area contributed by atoms with Crippen LogP contribution in [-0.4, -0.2) is 15.7 Å². The molecular formula is C13H16N2O3. The quantitative estimate of drug-likeness (QED) is 0.744. The van der Waals surface area contributed by atoms with Gasteiger partial charge < -0.3 is 4.74 Å². The summed E-state index contributed by atoms with van der Waals surface area (Å²) in [6.45, 7) is 6.07. The Labute approximate surface area is 105 Å². The van der Waals surface area contributed by atoms with Gasteiger partial charge in [-0.15, -0.1) is 6.42 Å². The first kappa shape index (κ1) is 12.7. The molecule has 0 aromatic carbocycles. The molecule has 4 atom stereocenters. The van der Waals surface area contributed by atoms with Crippen molar-refractivity contribution in [2.24, 2.45) is 11.8 Å². The first-order valence-corrected chi connectivity index (χ1v) is 5.93. The molecule has 1 aliphatic rings. The van der Waals surface area contributed by atoms with Crippen LogP contribution in [0.4, 0.5) is 0 Å². The van der Waals surface area contributed by atoms with Gasteiger partial charge in [0.25, 0.3) is 5.56 Å². The Morgan fingerprint density at radius 3 is 2.50 bits per heavy atom. The highest BCUT2D eigenvalue weighted by Crippen LogP contribution is 2.37. The van der Waals surface area contributed by atoms with Crippen LogP contribution >= 0.6 is 0 Å². The van der Waals surface area contributed by atoms with Gasteiger partial charge in [-0.05, 0) is 12.8 Å². The van der Waals surface area contributed by atoms with E-state index in [0.717, 1.165) is 0 Å². The van der Waals surface area contributed by atoms with Gasteiger partial charge >= 0.3 is 5.69 Å². The standard InChI is InChI=1S/C13H16N2O3/c1-5-10-6-15(13(17)14-11(10)16)12-8(3)7(2)9(4)18-12/h1,6-9,12H,2-4H3,(H,14,16,17). The topological polar surface area (TPSA) is 64.1 Å². The van der Waals surface area contributed by atoms with E-state index in [9.17, 15) is 9.59 Å². The predicted molar refractivity (Wildman–Crippen MR) is 67.2 cm³/mol. The highest BCUT2D eigenvalue weighted by Gasteiger charge is 2.38. The molecule has 1 aromatic rings. The van der Waals surface area contributed by atoms with Crippen LogP contribution in [0, 0.1) is 24.2 Å². The Balaban J connectivity index is 2.50. The number of aromatic nitrogens is 2. The van der Waals surface area contributed by atoms with Crippen LogP contribution < -0.4 is 11.2 Å².